The van der Waals surface area contributed by atoms with Crippen LogP contribution in [0.1, 0.15) is 28.4 Å². The van der Waals surface area contributed by atoms with Crippen LogP contribution in [0.25, 0.3) is 0 Å². The van der Waals surface area contributed by atoms with Crippen LogP contribution >= 0.6 is 0 Å². The summed E-state index contributed by atoms with van der Waals surface area (Å²) in [5, 5.41) is 20.5. The number of nitrogens with one attached hydrogen (secondary N) is 1. The SMILES string of the molecule is Cc1ccc(C(=O)N[C@H](C(=O)O)[C@@H](C)O)c(C)c1. The molecule has 1 amide bonds. The van der Waals surface area contributed by atoms with Crippen molar-refractivity contribution in [2.45, 2.75) is 32.9 Å². The Morgan fingerprint density at radius 1 is 1.28 bits per heavy atom. The highest BCUT2D eigenvalue weighted by Gasteiger charge is 2.25. The minimum Gasteiger partial charge on any atom is -0.480 e. The second kappa shape index (κ2) is 5.64. The van der Waals surface area contributed by atoms with Gasteiger partial charge in [-0.15, -0.1) is 0 Å². The molecule has 98 valence electrons. The summed E-state index contributed by atoms with van der Waals surface area (Å²) in [6.07, 6.45) is -1.16. The van der Waals surface area contributed by atoms with Gasteiger partial charge < -0.3 is 15.5 Å². The van der Waals surface area contributed by atoms with Gasteiger partial charge in [0.2, 0.25) is 0 Å². The van der Waals surface area contributed by atoms with E-state index in [0.717, 1.165) is 11.1 Å². The average Bonchev–Trinajstić information content (AvgIpc) is 2.24. The number of benzene rings is 1. The molecule has 0 aromatic heterocycles. The number of amides is 1. The van der Waals surface area contributed by atoms with E-state index in [0.29, 0.717) is 5.56 Å². The van der Waals surface area contributed by atoms with Gasteiger partial charge in [-0.05, 0) is 32.4 Å². The van der Waals surface area contributed by atoms with E-state index in [4.69, 9.17) is 5.11 Å². The highest BCUT2D eigenvalue weighted by Crippen LogP contribution is 2.11. The Labute approximate surface area is 105 Å². The van der Waals surface area contributed by atoms with E-state index in [-0.39, 0.29) is 0 Å². The molecule has 0 bridgehead atoms. The monoisotopic (exact) mass is 251 g/mol. The van der Waals surface area contributed by atoms with Gasteiger partial charge in [0, 0.05) is 5.56 Å². The number of aliphatic carboxylic acids is 1. The fourth-order valence-corrected chi connectivity index (χ4v) is 1.68. The number of carboxylic acids is 1. The van der Waals surface area contributed by atoms with E-state index in [1.807, 2.05) is 13.0 Å². The summed E-state index contributed by atoms with van der Waals surface area (Å²) in [6.45, 7) is 5.01. The van der Waals surface area contributed by atoms with Crippen molar-refractivity contribution in [2.24, 2.45) is 0 Å². The highest BCUT2D eigenvalue weighted by molar-refractivity contribution is 5.97. The zero-order valence-corrected chi connectivity index (χ0v) is 10.6. The minimum atomic E-state index is -1.31. The largest absolute Gasteiger partial charge is 0.480 e. The lowest BCUT2D eigenvalue weighted by molar-refractivity contribution is -0.141. The van der Waals surface area contributed by atoms with Crippen LogP contribution in [0.2, 0.25) is 0 Å². The van der Waals surface area contributed by atoms with E-state index in [1.54, 1.807) is 19.1 Å². The number of aliphatic hydroxyl groups excluding tert-OH is 1. The van der Waals surface area contributed by atoms with Gasteiger partial charge in [0.15, 0.2) is 6.04 Å². The van der Waals surface area contributed by atoms with Gasteiger partial charge in [0.05, 0.1) is 6.10 Å². The van der Waals surface area contributed by atoms with Gasteiger partial charge in [0.1, 0.15) is 0 Å². The summed E-state index contributed by atoms with van der Waals surface area (Å²) in [5.41, 5.74) is 2.20. The zero-order valence-electron chi connectivity index (χ0n) is 10.6. The third-order valence-corrected chi connectivity index (χ3v) is 2.66. The molecule has 0 fully saturated rings. The Morgan fingerprint density at radius 3 is 2.33 bits per heavy atom. The molecule has 1 aromatic rings. The standard InChI is InChI=1S/C13H17NO4/c1-7-4-5-10(8(2)6-7)12(16)14-11(9(3)15)13(17)18/h4-6,9,11,15H,1-3H3,(H,14,16)(H,17,18)/t9-,11+/m1/s1. The first-order chi connectivity index (χ1) is 8.32. The predicted octanol–water partition coefficient (Wildman–Crippen LogP) is 0.867. The summed E-state index contributed by atoms with van der Waals surface area (Å²) < 4.78 is 0. The van der Waals surface area contributed by atoms with Crippen LogP contribution in [0.3, 0.4) is 0 Å². The Morgan fingerprint density at radius 2 is 1.89 bits per heavy atom. The van der Waals surface area contributed by atoms with Crippen molar-refractivity contribution >= 4 is 11.9 Å². The summed E-state index contributed by atoms with van der Waals surface area (Å²) in [4.78, 5) is 22.8. The fraction of sp³-hybridized carbons (Fsp3) is 0.385. The van der Waals surface area contributed by atoms with Crippen LogP contribution in [0.15, 0.2) is 18.2 Å². The molecule has 3 N–H and O–H groups in total. The average molecular weight is 251 g/mol. The molecule has 1 aromatic carbocycles. The van der Waals surface area contributed by atoms with Crippen molar-refractivity contribution in [1.82, 2.24) is 5.32 Å². The number of hydrogen-bond donors (Lipinski definition) is 3. The maximum atomic E-state index is 11.9. The second-order valence-electron chi connectivity index (χ2n) is 4.35. The smallest absolute Gasteiger partial charge is 0.328 e. The molecule has 0 aliphatic rings. The summed E-state index contributed by atoms with van der Waals surface area (Å²) in [6, 6.07) is 3.95. The molecule has 0 radical (unpaired) electrons. The lowest BCUT2D eigenvalue weighted by atomic mass is 10.0. The van der Waals surface area contributed by atoms with Crippen molar-refractivity contribution in [2.75, 3.05) is 0 Å². The molecular formula is C13H17NO4. The molecule has 0 saturated heterocycles. The first-order valence-corrected chi connectivity index (χ1v) is 5.62. The Balaban J connectivity index is 2.91. The molecule has 5 heteroatoms. The predicted molar refractivity (Wildman–Crippen MR) is 66.5 cm³/mol. The summed E-state index contributed by atoms with van der Waals surface area (Å²) in [5.74, 6) is -1.76. The molecule has 18 heavy (non-hydrogen) atoms. The van der Waals surface area contributed by atoms with Crippen molar-refractivity contribution in [3.05, 3.63) is 34.9 Å². The number of rotatable bonds is 4. The number of carbonyl (C=O) groups is 2. The zero-order chi connectivity index (χ0) is 13.9. The third kappa shape index (κ3) is 3.30. The van der Waals surface area contributed by atoms with Crippen LogP contribution in [0, 0.1) is 13.8 Å². The Kier molecular flexibility index (Phi) is 4.44. The molecule has 0 spiro atoms. The molecule has 1 rings (SSSR count). The third-order valence-electron chi connectivity index (χ3n) is 2.66. The Hall–Kier alpha value is -1.88. The normalized spacial score (nSPS) is 13.8. The molecule has 0 aliphatic carbocycles. The second-order valence-corrected chi connectivity index (χ2v) is 4.35. The number of aryl methyl sites for hydroxylation is 2. The van der Waals surface area contributed by atoms with Crippen LogP contribution in [-0.4, -0.2) is 34.2 Å². The van der Waals surface area contributed by atoms with Crippen molar-refractivity contribution in [3.63, 3.8) is 0 Å². The van der Waals surface area contributed by atoms with E-state index < -0.39 is 24.0 Å². The number of hydrogen-bond acceptors (Lipinski definition) is 3. The van der Waals surface area contributed by atoms with Gasteiger partial charge in [-0.3, -0.25) is 4.79 Å². The van der Waals surface area contributed by atoms with Crippen LogP contribution in [0.5, 0.6) is 0 Å². The van der Waals surface area contributed by atoms with Gasteiger partial charge in [-0.2, -0.15) is 0 Å². The van der Waals surface area contributed by atoms with Crippen molar-refractivity contribution in [1.29, 1.82) is 0 Å². The Bertz CT molecular complexity index is 468. The maximum Gasteiger partial charge on any atom is 0.328 e. The lowest BCUT2D eigenvalue weighted by Crippen LogP contribution is -2.47. The van der Waals surface area contributed by atoms with Crippen LogP contribution < -0.4 is 5.32 Å². The van der Waals surface area contributed by atoms with Gasteiger partial charge in [-0.1, -0.05) is 17.7 Å². The first-order valence-electron chi connectivity index (χ1n) is 5.62. The minimum absolute atomic E-state index is 0.410. The highest BCUT2D eigenvalue weighted by atomic mass is 16.4. The van der Waals surface area contributed by atoms with Crippen LogP contribution in [0.4, 0.5) is 0 Å². The maximum absolute atomic E-state index is 11.9. The fourth-order valence-electron chi connectivity index (χ4n) is 1.68. The molecule has 5 nitrogen and oxygen atoms in total. The van der Waals surface area contributed by atoms with E-state index in [2.05, 4.69) is 5.32 Å². The van der Waals surface area contributed by atoms with Crippen LogP contribution in [-0.2, 0) is 4.79 Å². The van der Waals surface area contributed by atoms with E-state index in [9.17, 15) is 14.7 Å². The van der Waals surface area contributed by atoms with Gasteiger partial charge >= 0.3 is 5.97 Å². The number of carbonyl (C=O) groups excluding carboxylic acids is 1. The van der Waals surface area contributed by atoms with E-state index in [1.165, 1.54) is 6.92 Å². The van der Waals surface area contributed by atoms with Crippen molar-refractivity contribution in [3.8, 4) is 0 Å². The van der Waals surface area contributed by atoms with Gasteiger partial charge in [-0.25, -0.2) is 4.79 Å². The molecule has 0 aliphatic heterocycles. The number of carboxylic acid groups (broad SMARTS) is 1. The quantitative estimate of drug-likeness (QED) is 0.741. The molecular weight excluding hydrogens is 234 g/mol. The van der Waals surface area contributed by atoms with Gasteiger partial charge in [0.25, 0.3) is 5.91 Å². The summed E-state index contributed by atoms with van der Waals surface area (Å²) in [7, 11) is 0. The molecule has 0 saturated carbocycles. The van der Waals surface area contributed by atoms with E-state index >= 15 is 0 Å². The lowest BCUT2D eigenvalue weighted by Gasteiger charge is -2.17. The molecule has 0 unspecified atom stereocenters. The molecule has 2 atom stereocenters. The van der Waals surface area contributed by atoms with Crippen molar-refractivity contribution < 1.29 is 19.8 Å². The first kappa shape index (κ1) is 14.2. The molecule has 0 heterocycles. The number of aliphatic hydroxyl groups is 1. The summed E-state index contributed by atoms with van der Waals surface area (Å²) >= 11 is 0. The topological polar surface area (TPSA) is 86.6 Å².